The first kappa shape index (κ1) is 24.1. The summed E-state index contributed by atoms with van der Waals surface area (Å²) in [6.07, 6.45) is 10.9. The molecule has 1 aliphatic carbocycles. The van der Waals surface area contributed by atoms with Crippen molar-refractivity contribution in [2.24, 2.45) is 5.92 Å². The van der Waals surface area contributed by atoms with E-state index >= 15 is 0 Å². The average molecular weight is 533 g/mol. The molecule has 0 bridgehead atoms. The van der Waals surface area contributed by atoms with E-state index in [1.54, 1.807) is 24.8 Å². The number of aryl methyl sites for hydroxylation is 1. The molecule has 6 aromatic rings. The minimum absolute atomic E-state index is 0.0503. The van der Waals surface area contributed by atoms with E-state index in [0.29, 0.717) is 39.6 Å². The summed E-state index contributed by atoms with van der Waals surface area (Å²) in [5, 5.41) is 11.3. The van der Waals surface area contributed by atoms with Crippen LogP contribution in [0.4, 0.5) is 10.1 Å². The topological polar surface area (TPSA) is 125 Å². The molecule has 0 unspecified atom stereocenters. The number of anilines is 1. The van der Waals surface area contributed by atoms with E-state index in [4.69, 9.17) is 4.98 Å². The molecule has 1 saturated carbocycles. The molecule has 1 aromatic carbocycles. The Labute approximate surface area is 228 Å². The molecule has 0 aliphatic heterocycles. The van der Waals surface area contributed by atoms with Crippen LogP contribution in [0.25, 0.3) is 56.0 Å². The van der Waals surface area contributed by atoms with Crippen LogP contribution in [0.1, 0.15) is 31.2 Å². The molecule has 1 amide bonds. The lowest BCUT2D eigenvalue weighted by Crippen LogP contribution is -2.20. The summed E-state index contributed by atoms with van der Waals surface area (Å²) in [4.78, 5) is 34.2. The molecule has 3 N–H and O–H groups in total. The molecule has 0 radical (unpaired) electrons. The van der Waals surface area contributed by atoms with Crippen molar-refractivity contribution >= 4 is 33.7 Å². The molecule has 0 atom stereocenters. The van der Waals surface area contributed by atoms with E-state index in [9.17, 15) is 9.18 Å². The van der Waals surface area contributed by atoms with Crippen LogP contribution in [-0.4, -0.2) is 41.0 Å². The second-order valence-electron chi connectivity index (χ2n) is 10.3. The van der Waals surface area contributed by atoms with Crippen LogP contribution in [0.5, 0.6) is 0 Å². The van der Waals surface area contributed by atoms with Gasteiger partial charge in [-0.25, -0.2) is 14.4 Å². The molecule has 1 aliphatic rings. The number of hydrogen-bond donors (Lipinski definition) is 3. The molecule has 0 saturated heterocycles. The van der Waals surface area contributed by atoms with Crippen molar-refractivity contribution in [3.05, 3.63) is 72.6 Å². The van der Waals surface area contributed by atoms with E-state index in [0.717, 1.165) is 53.3 Å². The number of aromatic amines is 2. The maximum absolute atomic E-state index is 14.2. The summed E-state index contributed by atoms with van der Waals surface area (Å²) in [6.45, 7) is 1.85. The maximum Gasteiger partial charge on any atom is 0.227 e. The van der Waals surface area contributed by atoms with Gasteiger partial charge >= 0.3 is 0 Å². The van der Waals surface area contributed by atoms with Crippen molar-refractivity contribution < 1.29 is 9.18 Å². The standard InChI is InChI=1S/C30H25FN8O/c1-16-8-18(10-21(31)9-16)25-27-24(6-7-33-25)36-29(37-27)26-23-12-20(14-34-28(23)39-38-26)19-11-22(15-32-13-19)35-30(40)17-4-2-3-5-17/h6-15,17H,2-5H2,1H3,(H,35,40)(H,36,37)(H,34,38,39). The zero-order chi connectivity index (χ0) is 27.2. The number of hydrogen-bond acceptors (Lipinski definition) is 6. The van der Waals surface area contributed by atoms with Crippen molar-refractivity contribution in [2.45, 2.75) is 32.6 Å². The number of nitrogens with zero attached hydrogens (tertiary/aromatic N) is 5. The molecule has 5 aromatic heterocycles. The summed E-state index contributed by atoms with van der Waals surface area (Å²) in [6, 6.07) is 10.5. The SMILES string of the molecule is Cc1cc(F)cc(-c2nccc3[nH]c(-c4n[nH]c5ncc(-c6cncc(NC(=O)C7CCCC7)c6)cc45)nc23)c1. The number of imidazole rings is 1. The number of carbonyl (C=O) groups excluding carboxylic acids is 1. The Balaban J connectivity index is 1.25. The highest BCUT2D eigenvalue weighted by atomic mass is 19.1. The van der Waals surface area contributed by atoms with Crippen LogP contribution in [0, 0.1) is 18.7 Å². The first-order valence-electron chi connectivity index (χ1n) is 13.2. The first-order chi connectivity index (χ1) is 19.5. The van der Waals surface area contributed by atoms with Gasteiger partial charge in [0.1, 0.15) is 17.0 Å². The van der Waals surface area contributed by atoms with Gasteiger partial charge in [0.2, 0.25) is 5.91 Å². The Hall–Kier alpha value is -4.99. The number of pyridine rings is 3. The fourth-order valence-corrected chi connectivity index (χ4v) is 5.47. The summed E-state index contributed by atoms with van der Waals surface area (Å²) in [5.74, 6) is 0.338. The van der Waals surface area contributed by atoms with Gasteiger partial charge in [-0.2, -0.15) is 5.10 Å². The zero-order valence-electron chi connectivity index (χ0n) is 21.7. The number of rotatable bonds is 5. The van der Waals surface area contributed by atoms with Crippen LogP contribution in [0.3, 0.4) is 0 Å². The molecular formula is C30H25FN8O. The van der Waals surface area contributed by atoms with Gasteiger partial charge in [0, 0.05) is 41.2 Å². The monoisotopic (exact) mass is 532 g/mol. The number of carbonyl (C=O) groups is 1. The Morgan fingerprint density at radius 1 is 0.975 bits per heavy atom. The third-order valence-electron chi connectivity index (χ3n) is 7.42. The molecular weight excluding hydrogens is 507 g/mol. The largest absolute Gasteiger partial charge is 0.336 e. The van der Waals surface area contributed by atoms with E-state index in [1.165, 1.54) is 12.1 Å². The number of fused-ring (bicyclic) bond motifs is 2. The molecule has 1 fully saturated rings. The van der Waals surface area contributed by atoms with Crippen LogP contribution >= 0.6 is 0 Å². The molecule has 9 nitrogen and oxygen atoms in total. The fourth-order valence-electron chi connectivity index (χ4n) is 5.47. The average Bonchev–Trinajstić information content (AvgIpc) is 3.71. The number of halogens is 1. The Bertz CT molecular complexity index is 1880. The maximum atomic E-state index is 14.2. The quantitative estimate of drug-likeness (QED) is 0.243. The van der Waals surface area contributed by atoms with Crippen molar-refractivity contribution in [3.63, 3.8) is 0 Å². The number of nitrogens with one attached hydrogen (secondary N) is 3. The van der Waals surface area contributed by atoms with Gasteiger partial charge in [-0.1, -0.05) is 12.8 Å². The van der Waals surface area contributed by atoms with Gasteiger partial charge in [-0.15, -0.1) is 0 Å². The number of benzene rings is 1. The highest BCUT2D eigenvalue weighted by molar-refractivity contribution is 5.97. The highest BCUT2D eigenvalue weighted by Gasteiger charge is 2.23. The summed E-state index contributed by atoms with van der Waals surface area (Å²) < 4.78 is 14.2. The van der Waals surface area contributed by atoms with Gasteiger partial charge < -0.3 is 10.3 Å². The first-order valence-corrected chi connectivity index (χ1v) is 13.2. The number of amides is 1. The Morgan fingerprint density at radius 2 is 1.82 bits per heavy atom. The lowest BCUT2D eigenvalue weighted by atomic mass is 10.1. The Kier molecular flexibility index (Phi) is 5.80. The van der Waals surface area contributed by atoms with Gasteiger partial charge in [0.25, 0.3) is 0 Å². The van der Waals surface area contributed by atoms with E-state index < -0.39 is 0 Å². The second-order valence-corrected chi connectivity index (χ2v) is 10.3. The van der Waals surface area contributed by atoms with Crippen LogP contribution in [0.15, 0.2) is 61.2 Å². The summed E-state index contributed by atoms with van der Waals surface area (Å²) in [7, 11) is 0. The minimum atomic E-state index is -0.321. The summed E-state index contributed by atoms with van der Waals surface area (Å²) >= 11 is 0. The minimum Gasteiger partial charge on any atom is -0.336 e. The van der Waals surface area contributed by atoms with E-state index in [1.807, 2.05) is 31.2 Å². The number of H-pyrrole nitrogens is 2. The van der Waals surface area contributed by atoms with Crippen LogP contribution < -0.4 is 5.32 Å². The fraction of sp³-hybridized carbons (Fsp3) is 0.200. The third kappa shape index (κ3) is 4.37. The molecule has 40 heavy (non-hydrogen) atoms. The smallest absolute Gasteiger partial charge is 0.227 e. The van der Waals surface area contributed by atoms with Crippen molar-refractivity contribution in [1.29, 1.82) is 0 Å². The van der Waals surface area contributed by atoms with E-state index in [-0.39, 0.29) is 17.6 Å². The van der Waals surface area contributed by atoms with Gasteiger partial charge in [0.05, 0.1) is 28.5 Å². The molecule has 7 rings (SSSR count). The predicted octanol–water partition coefficient (Wildman–Crippen LogP) is 6.20. The van der Waals surface area contributed by atoms with Crippen LogP contribution in [0.2, 0.25) is 0 Å². The second kappa shape index (κ2) is 9.64. The predicted molar refractivity (Wildman–Crippen MR) is 151 cm³/mol. The molecule has 10 heteroatoms. The van der Waals surface area contributed by atoms with Crippen LogP contribution in [-0.2, 0) is 4.79 Å². The highest BCUT2D eigenvalue weighted by Crippen LogP contribution is 2.33. The third-order valence-corrected chi connectivity index (χ3v) is 7.42. The van der Waals surface area contributed by atoms with Gasteiger partial charge in [-0.3, -0.25) is 19.9 Å². The van der Waals surface area contributed by atoms with Gasteiger partial charge in [-0.05, 0) is 61.7 Å². The zero-order valence-corrected chi connectivity index (χ0v) is 21.7. The molecule has 198 valence electrons. The van der Waals surface area contributed by atoms with Crippen molar-refractivity contribution in [2.75, 3.05) is 5.32 Å². The summed E-state index contributed by atoms with van der Waals surface area (Å²) in [5.41, 5.74) is 6.95. The number of aromatic nitrogens is 7. The molecule has 0 spiro atoms. The van der Waals surface area contributed by atoms with E-state index in [2.05, 4.69) is 35.5 Å². The normalized spacial score (nSPS) is 13.8. The lowest BCUT2D eigenvalue weighted by Gasteiger charge is -2.11. The van der Waals surface area contributed by atoms with Crippen molar-refractivity contribution in [1.82, 2.24) is 35.1 Å². The lowest BCUT2D eigenvalue weighted by molar-refractivity contribution is -0.119. The molecule has 5 heterocycles. The van der Waals surface area contributed by atoms with Gasteiger partial charge in [0.15, 0.2) is 11.5 Å². The Morgan fingerprint density at radius 3 is 2.67 bits per heavy atom. The van der Waals surface area contributed by atoms with Crippen molar-refractivity contribution in [3.8, 4) is 33.9 Å².